The molecule has 0 bridgehead atoms. The summed E-state index contributed by atoms with van der Waals surface area (Å²) in [5.74, 6) is 0.119. The molecule has 0 amide bonds. The topological polar surface area (TPSA) is 25.2 Å². The molecular formula is C18H13FN2. The second-order valence-electron chi connectivity index (χ2n) is 4.53. The molecule has 3 aromatic rings. The van der Waals surface area contributed by atoms with Gasteiger partial charge in [0.2, 0.25) is 0 Å². The van der Waals surface area contributed by atoms with Crippen LogP contribution < -0.4 is 0 Å². The Balaban J connectivity index is 2.10. The van der Waals surface area contributed by atoms with Gasteiger partial charge in [0.15, 0.2) is 5.82 Å². The SMILES string of the molecule is Fc1ccc(N=C(c2ccccc2)c2ccccc2)nc1. The van der Waals surface area contributed by atoms with E-state index in [1.54, 1.807) is 6.07 Å². The van der Waals surface area contributed by atoms with Gasteiger partial charge in [0.05, 0.1) is 11.9 Å². The molecule has 1 heterocycles. The molecule has 0 saturated heterocycles. The molecule has 0 spiro atoms. The second kappa shape index (κ2) is 6.09. The van der Waals surface area contributed by atoms with Crippen LogP contribution in [0.2, 0.25) is 0 Å². The highest BCUT2D eigenvalue weighted by Gasteiger charge is 2.07. The molecule has 0 fully saturated rings. The molecule has 0 unspecified atom stereocenters. The van der Waals surface area contributed by atoms with Gasteiger partial charge in [0, 0.05) is 11.1 Å². The van der Waals surface area contributed by atoms with Crippen molar-refractivity contribution in [2.45, 2.75) is 0 Å². The van der Waals surface area contributed by atoms with E-state index >= 15 is 0 Å². The lowest BCUT2D eigenvalue weighted by atomic mass is 10.0. The number of aliphatic imine (C=N–C) groups is 1. The highest BCUT2D eigenvalue weighted by Crippen LogP contribution is 2.16. The summed E-state index contributed by atoms with van der Waals surface area (Å²) in [4.78, 5) is 8.59. The quantitative estimate of drug-likeness (QED) is 0.651. The van der Waals surface area contributed by atoms with Gasteiger partial charge >= 0.3 is 0 Å². The van der Waals surface area contributed by atoms with Crippen LogP contribution in [0.3, 0.4) is 0 Å². The molecular weight excluding hydrogens is 263 g/mol. The van der Waals surface area contributed by atoms with Crippen molar-refractivity contribution in [2.24, 2.45) is 4.99 Å². The molecule has 3 rings (SSSR count). The summed E-state index contributed by atoms with van der Waals surface area (Å²) < 4.78 is 13.0. The van der Waals surface area contributed by atoms with E-state index in [-0.39, 0.29) is 5.82 Å². The summed E-state index contributed by atoms with van der Waals surface area (Å²) in [6, 6.07) is 22.7. The Bertz CT molecular complexity index is 694. The molecule has 1 aromatic heterocycles. The smallest absolute Gasteiger partial charge is 0.152 e. The molecule has 3 heteroatoms. The maximum absolute atomic E-state index is 13.0. The average molecular weight is 276 g/mol. The summed E-state index contributed by atoms with van der Waals surface area (Å²) >= 11 is 0. The highest BCUT2D eigenvalue weighted by atomic mass is 19.1. The maximum Gasteiger partial charge on any atom is 0.152 e. The summed E-state index contributed by atoms with van der Waals surface area (Å²) in [7, 11) is 0. The fourth-order valence-electron chi connectivity index (χ4n) is 2.04. The van der Waals surface area contributed by atoms with Crippen molar-refractivity contribution in [3.05, 3.63) is 95.9 Å². The number of aromatic nitrogens is 1. The third-order valence-corrected chi connectivity index (χ3v) is 3.03. The van der Waals surface area contributed by atoms with Crippen molar-refractivity contribution in [1.82, 2.24) is 4.98 Å². The van der Waals surface area contributed by atoms with Crippen LogP contribution in [-0.4, -0.2) is 10.7 Å². The van der Waals surface area contributed by atoms with Crippen molar-refractivity contribution in [2.75, 3.05) is 0 Å². The van der Waals surface area contributed by atoms with Crippen LogP contribution in [0.4, 0.5) is 10.2 Å². The highest BCUT2D eigenvalue weighted by molar-refractivity contribution is 6.13. The van der Waals surface area contributed by atoms with Crippen LogP contribution >= 0.6 is 0 Å². The number of halogens is 1. The van der Waals surface area contributed by atoms with Crippen LogP contribution in [0.5, 0.6) is 0 Å². The molecule has 102 valence electrons. The molecule has 2 aromatic carbocycles. The Hall–Kier alpha value is -2.81. The van der Waals surface area contributed by atoms with E-state index in [1.165, 1.54) is 12.3 Å². The molecule has 0 aliphatic heterocycles. The van der Waals surface area contributed by atoms with E-state index in [0.29, 0.717) is 5.82 Å². The van der Waals surface area contributed by atoms with E-state index in [2.05, 4.69) is 9.98 Å². The normalized spacial score (nSPS) is 10.1. The predicted octanol–water partition coefficient (Wildman–Crippen LogP) is 4.39. The molecule has 0 atom stereocenters. The first kappa shape index (κ1) is 13.2. The van der Waals surface area contributed by atoms with E-state index < -0.39 is 0 Å². The summed E-state index contributed by atoms with van der Waals surface area (Å²) in [5, 5.41) is 0. The van der Waals surface area contributed by atoms with Gasteiger partial charge in [0.1, 0.15) is 5.82 Å². The van der Waals surface area contributed by atoms with Gasteiger partial charge in [0.25, 0.3) is 0 Å². The lowest BCUT2D eigenvalue weighted by Crippen LogP contribution is -2.02. The van der Waals surface area contributed by atoms with Crippen molar-refractivity contribution < 1.29 is 4.39 Å². The van der Waals surface area contributed by atoms with Crippen molar-refractivity contribution in [3.8, 4) is 0 Å². The molecule has 0 saturated carbocycles. The minimum Gasteiger partial charge on any atom is -0.234 e. The fraction of sp³-hybridized carbons (Fsp3) is 0. The lowest BCUT2D eigenvalue weighted by Gasteiger charge is -2.07. The van der Waals surface area contributed by atoms with Crippen molar-refractivity contribution in [1.29, 1.82) is 0 Å². The van der Waals surface area contributed by atoms with Crippen molar-refractivity contribution >= 4 is 11.5 Å². The van der Waals surface area contributed by atoms with Gasteiger partial charge < -0.3 is 0 Å². The zero-order valence-electron chi connectivity index (χ0n) is 11.3. The first-order chi connectivity index (χ1) is 10.3. The number of hydrogen-bond acceptors (Lipinski definition) is 2. The number of benzene rings is 2. The zero-order chi connectivity index (χ0) is 14.5. The second-order valence-corrected chi connectivity index (χ2v) is 4.53. The van der Waals surface area contributed by atoms with Crippen molar-refractivity contribution in [3.63, 3.8) is 0 Å². The van der Waals surface area contributed by atoms with E-state index in [0.717, 1.165) is 16.8 Å². The Labute approximate surface area is 122 Å². The standard InChI is InChI=1S/C18H13FN2/c19-16-11-12-17(20-13-16)21-18(14-7-3-1-4-8-14)15-9-5-2-6-10-15/h1-13H. The molecule has 0 radical (unpaired) electrons. The number of hydrogen-bond donors (Lipinski definition) is 0. The first-order valence-corrected chi connectivity index (χ1v) is 6.64. The largest absolute Gasteiger partial charge is 0.234 e. The molecule has 0 N–H and O–H groups in total. The van der Waals surface area contributed by atoms with Gasteiger partial charge in [-0.1, -0.05) is 60.7 Å². The Morgan fingerprint density at radius 3 is 1.81 bits per heavy atom. The van der Waals surface area contributed by atoms with Gasteiger partial charge in [-0.05, 0) is 12.1 Å². The van der Waals surface area contributed by atoms with Gasteiger partial charge in [-0.25, -0.2) is 14.4 Å². The summed E-state index contributed by atoms with van der Waals surface area (Å²) in [5.41, 5.74) is 2.81. The Morgan fingerprint density at radius 1 is 0.762 bits per heavy atom. The first-order valence-electron chi connectivity index (χ1n) is 6.64. The van der Waals surface area contributed by atoms with Gasteiger partial charge in [-0.2, -0.15) is 0 Å². The van der Waals surface area contributed by atoms with Gasteiger partial charge in [-0.15, -0.1) is 0 Å². The average Bonchev–Trinajstić information content (AvgIpc) is 2.56. The third-order valence-electron chi connectivity index (χ3n) is 3.03. The van der Waals surface area contributed by atoms with Crippen LogP contribution in [-0.2, 0) is 0 Å². The van der Waals surface area contributed by atoms with Gasteiger partial charge in [-0.3, -0.25) is 0 Å². The number of nitrogens with zero attached hydrogens (tertiary/aromatic N) is 2. The minimum atomic E-state index is -0.366. The van der Waals surface area contributed by atoms with E-state index in [4.69, 9.17) is 0 Å². The van der Waals surface area contributed by atoms with Crippen LogP contribution in [0, 0.1) is 5.82 Å². The van der Waals surface area contributed by atoms with E-state index in [9.17, 15) is 4.39 Å². The molecule has 21 heavy (non-hydrogen) atoms. The summed E-state index contributed by atoms with van der Waals surface area (Å²) in [6.07, 6.45) is 1.17. The lowest BCUT2D eigenvalue weighted by molar-refractivity contribution is 0.621. The van der Waals surface area contributed by atoms with Crippen LogP contribution in [0.1, 0.15) is 11.1 Å². The molecule has 0 aliphatic carbocycles. The summed E-state index contributed by atoms with van der Waals surface area (Å²) in [6.45, 7) is 0. The monoisotopic (exact) mass is 276 g/mol. The van der Waals surface area contributed by atoms with E-state index in [1.807, 2.05) is 60.7 Å². The fourth-order valence-corrected chi connectivity index (χ4v) is 2.04. The number of pyridine rings is 1. The Kier molecular flexibility index (Phi) is 3.83. The maximum atomic E-state index is 13.0. The predicted molar refractivity (Wildman–Crippen MR) is 82.4 cm³/mol. The number of rotatable bonds is 3. The van der Waals surface area contributed by atoms with Crippen LogP contribution in [0.15, 0.2) is 84.0 Å². The van der Waals surface area contributed by atoms with Crippen LogP contribution in [0.25, 0.3) is 0 Å². The molecule has 0 aliphatic rings. The molecule has 2 nitrogen and oxygen atoms in total. The minimum absolute atomic E-state index is 0.366. The Morgan fingerprint density at radius 2 is 1.33 bits per heavy atom. The zero-order valence-corrected chi connectivity index (χ0v) is 11.3. The third kappa shape index (κ3) is 3.20.